The van der Waals surface area contributed by atoms with Crippen molar-refractivity contribution in [3.63, 3.8) is 0 Å². The number of halogens is 1. The summed E-state index contributed by atoms with van der Waals surface area (Å²) >= 11 is 6.19. The third-order valence-electron chi connectivity index (χ3n) is 4.26. The van der Waals surface area contributed by atoms with Crippen molar-refractivity contribution in [3.05, 3.63) is 22.8 Å². The predicted molar refractivity (Wildman–Crippen MR) is 86.9 cm³/mol. The molecule has 3 unspecified atom stereocenters. The van der Waals surface area contributed by atoms with Gasteiger partial charge in [0.25, 0.3) is 5.91 Å². The van der Waals surface area contributed by atoms with Crippen LogP contribution >= 0.6 is 11.6 Å². The molecule has 1 amide bonds. The Morgan fingerprint density at radius 2 is 2.14 bits per heavy atom. The van der Waals surface area contributed by atoms with Gasteiger partial charge in [-0.1, -0.05) is 25.4 Å². The van der Waals surface area contributed by atoms with Gasteiger partial charge >= 0.3 is 0 Å². The van der Waals surface area contributed by atoms with E-state index in [-0.39, 0.29) is 11.9 Å². The van der Waals surface area contributed by atoms with E-state index in [1.807, 2.05) is 11.8 Å². The largest absolute Gasteiger partial charge is 0.370 e. The van der Waals surface area contributed by atoms with Crippen molar-refractivity contribution in [2.75, 3.05) is 18.4 Å². The van der Waals surface area contributed by atoms with Gasteiger partial charge < -0.3 is 10.2 Å². The molecule has 1 N–H and O–H groups in total. The van der Waals surface area contributed by atoms with Crippen LogP contribution in [-0.4, -0.2) is 34.9 Å². The molecular weight excluding hydrogens is 286 g/mol. The minimum absolute atomic E-state index is 0.0642. The molecule has 3 atom stereocenters. The van der Waals surface area contributed by atoms with Gasteiger partial charge in [-0.15, -0.1) is 0 Å². The number of hydrogen-bond donors (Lipinski definition) is 1. The van der Waals surface area contributed by atoms with E-state index < -0.39 is 0 Å². The van der Waals surface area contributed by atoms with Gasteiger partial charge in [0.05, 0.1) is 5.02 Å². The van der Waals surface area contributed by atoms with Gasteiger partial charge in [-0.05, 0) is 44.2 Å². The molecule has 1 aliphatic rings. The number of rotatable bonds is 3. The van der Waals surface area contributed by atoms with E-state index in [0.717, 1.165) is 19.5 Å². The summed E-state index contributed by atoms with van der Waals surface area (Å²) in [5.41, 5.74) is 0.350. The molecule has 21 heavy (non-hydrogen) atoms. The van der Waals surface area contributed by atoms with E-state index in [4.69, 9.17) is 11.6 Å². The van der Waals surface area contributed by atoms with Crippen LogP contribution in [0.15, 0.2) is 12.1 Å². The minimum Gasteiger partial charge on any atom is -0.370 e. The van der Waals surface area contributed by atoms with E-state index in [2.05, 4.69) is 31.1 Å². The number of anilines is 1. The summed E-state index contributed by atoms with van der Waals surface area (Å²) in [7, 11) is 0. The summed E-state index contributed by atoms with van der Waals surface area (Å²) in [6.07, 6.45) is 1.16. The number of hydrogen-bond acceptors (Lipinski definition) is 3. The van der Waals surface area contributed by atoms with Crippen molar-refractivity contribution < 1.29 is 4.79 Å². The zero-order chi connectivity index (χ0) is 15.6. The predicted octanol–water partition coefficient (Wildman–Crippen LogP) is 3.67. The number of pyridine rings is 1. The van der Waals surface area contributed by atoms with Gasteiger partial charge in [0, 0.05) is 19.1 Å². The van der Waals surface area contributed by atoms with Crippen molar-refractivity contribution in [1.82, 2.24) is 9.88 Å². The molecule has 1 saturated heterocycles. The Kier molecular flexibility index (Phi) is 5.09. The van der Waals surface area contributed by atoms with E-state index >= 15 is 0 Å². The first-order chi connectivity index (χ1) is 9.93. The normalized spacial score (nSPS) is 25.8. The van der Waals surface area contributed by atoms with Crippen LogP contribution < -0.4 is 5.32 Å². The summed E-state index contributed by atoms with van der Waals surface area (Å²) in [4.78, 5) is 19.1. The Balaban J connectivity index is 2.28. The molecule has 116 valence electrons. The van der Waals surface area contributed by atoms with E-state index in [0.29, 0.717) is 28.4 Å². The standard InChI is InChI=1S/C16H24ClN3O/c1-5-18-14-7-6-13(17)15(19-14)16(21)20-9-10(2)8-11(3)12(20)4/h6-7,10-12H,5,8-9H2,1-4H3,(H,18,19). The highest BCUT2D eigenvalue weighted by atomic mass is 35.5. The summed E-state index contributed by atoms with van der Waals surface area (Å²) < 4.78 is 0. The summed E-state index contributed by atoms with van der Waals surface area (Å²) in [6, 6.07) is 3.75. The van der Waals surface area contributed by atoms with Crippen LogP contribution in [0.4, 0.5) is 5.82 Å². The molecule has 0 aliphatic carbocycles. The molecule has 0 bridgehead atoms. The third kappa shape index (κ3) is 3.49. The number of amides is 1. The zero-order valence-electron chi connectivity index (χ0n) is 13.2. The van der Waals surface area contributed by atoms with E-state index in [9.17, 15) is 4.79 Å². The Labute approximate surface area is 131 Å². The fraction of sp³-hybridized carbons (Fsp3) is 0.625. The molecule has 0 saturated carbocycles. The van der Waals surface area contributed by atoms with Crippen LogP contribution in [0.5, 0.6) is 0 Å². The first-order valence-corrected chi connectivity index (χ1v) is 8.03. The Hall–Kier alpha value is -1.29. The highest BCUT2D eigenvalue weighted by Crippen LogP contribution is 2.29. The summed E-state index contributed by atoms with van der Waals surface area (Å²) in [5.74, 6) is 1.63. The number of nitrogens with one attached hydrogen (secondary N) is 1. The minimum atomic E-state index is -0.0642. The van der Waals surface area contributed by atoms with Crippen molar-refractivity contribution in [1.29, 1.82) is 0 Å². The van der Waals surface area contributed by atoms with Crippen LogP contribution in [0, 0.1) is 11.8 Å². The molecular formula is C16H24ClN3O. The second-order valence-electron chi connectivity index (χ2n) is 6.07. The summed E-state index contributed by atoms with van der Waals surface area (Å²) in [6.45, 7) is 10.0. The molecule has 2 rings (SSSR count). The number of carbonyl (C=O) groups excluding carboxylic acids is 1. The quantitative estimate of drug-likeness (QED) is 0.926. The van der Waals surface area contributed by atoms with Gasteiger partial charge in [-0.25, -0.2) is 4.98 Å². The summed E-state index contributed by atoms with van der Waals surface area (Å²) in [5, 5.41) is 3.54. The number of carbonyl (C=O) groups is 1. The lowest BCUT2D eigenvalue weighted by Crippen LogP contribution is -2.49. The van der Waals surface area contributed by atoms with Crippen molar-refractivity contribution >= 4 is 23.3 Å². The highest BCUT2D eigenvalue weighted by molar-refractivity contribution is 6.33. The molecule has 1 aromatic rings. The topological polar surface area (TPSA) is 45.2 Å². The Morgan fingerprint density at radius 3 is 2.81 bits per heavy atom. The second-order valence-corrected chi connectivity index (χ2v) is 6.48. The molecule has 0 radical (unpaired) electrons. The number of aromatic nitrogens is 1. The van der Waals surface area contributed by atoms with Gasteiger partial charge in [-0.3, -0.25) is 4.79 Å². The molecule has 1 fully saturated rings. The monoisotopic (exact) mass is 309 g/mol. The lowest BCUT2D eigenvalue weighted by Gasteiger charge is -2.41. The average Bonchev–Trinajstić information content (AvgIpc) is 2.44. The Morgan fingerprint density at radius 1 is 1.43 bits per heavy atom. The second kappa shape index (κ2) is 6.65. The maximum Gasteiger partial charge on any atom is 0.274 e. The molecule has 0 aromatic carbocycles. The zero-order valence-corrected chi connectivity index (χ0v) is 13.9. The van der Waals surface area contributed by atoms with Gasteiger partial charge in [-0.2, -0.15) is 0 Å². The molecule has 5 heteroatoms. The smallest absolute Gasteiger partial charge is 0.274 e. The molecule has 2 heterocycles. The van der Waals surface area contributed by atoms with Crippen molar-refractivity contribution in [3.8, 4) is 0 Å². The molecule has 4 nitrogen and oxygen atoms in total. The van der Waals surface area contributed by atoms with Crippen LogP contribution in [0.1, 0.15) is 44.6 Å². The van der Waals surface area contributed by atoms with Gasteiger partial charge in [0.15, 0.2) is 0 Å². The van der Waals surface area contributed by atoms with Crippen LogP contribution in [0.25, 0.3) is 0 Å². The SMILES string of the molecule is CCNc1ccc(Cl)c(C(=O)N2CC(C)CC(C)C2C)n1. The molecule has 1 aliphatic heterocycles. The fourth-order valence-electron chi connectivity index (χ4n) is 2.99. The first kappa shape index (κ1) is 16.1. The average molecular weight is 310 g/mol. The fourth-order valence-corrected chi connectivity index (χ4v) is 3.18. The Bertz CT molecular complexity index is 520. The maximum atomic E-state index is 12.8. The highest BCUT2D eigenvalue weighted by Gasteiger charge is 2.33. The number of likely N-dealkylation sites (tertiary alicyclic amines) is 1. The molecule has 1 aromatic heterocycles. The lowest BCUT2D eigenvalue weighted by atomic mass is 9.86. The number of nitrogens with zero attached hydrogens (tertiary/aromatic N) is 2. The third-order valence-corrected chi connectivity index (χ3v) is 4.57. The van der Waals surface area contributed by atoms with Crippen LogP contribution in [-0.2, 0) is 0 Å². The van der Waals surface area contributed by atoms with E-state index in [1.54, 1.807) is 12.1 Å². The van der Waals surface area contributed by atoms with Crippen molar-refractivity contribution in [2.24, 2.45) is 11.8 Å². The van der Waals surface area contributed by atoms with Crippen LogP contribution in [0.3, 0.4) is 0 Å². The lowest BCUT2D eigenvalue weighted by molar-refractivity contribution is 0.0450. The van der Waals surface area contributed by atoms with E-state index in [1.165, 1.54) is 0 Å². The maximum absolute atomic E-state index is 12.8. The number of piperidine rings is 1. The van der Waals surface area contributed by atoms with Gasteiger partial charge in [0.1, 0.15) is 11.5 Å². The molecule has 0 spiro atoms. The van der Waals surface area contributed by atoms with Crippen molar-refractivity contribution in [2.45, 2.75) is 40.2 Å². The first-order valence-electron chi connectivity index (χ1n) is 7.65. The van der Waals surface area contributed by atoms with Gasteiger partial charge in [0.2, 0.25) is 0 Å². The van der Waals surface area contributed by atoms with Crippen LogP contribution in [0.2, 0.25) is 5.02 Å².